The molecule has 0 bridgehead atoms. The molecule has 2 heterocycles. The average molecular weight is 355 g/mol. The molecule has 1 aromatic heterocycles. The predicted molar refractivity (Wildman–Crippen MR) is 101 cm³/mol. The van der Waals surface area contributed by atoms with Gasteiger partial charge in [-0.15, -0.1) is 0 Å². The van der Waals surface area contributed by atoms with E-state index >= 15 is 0 Å². The third-order valence-electron chi connectivity index (χ3n) is 4.20. The van der Waals surface area contributed by atoms with E-state index in [1.54, 1.807) is 12.4 Å². The number of carbonyl (C=O) groups is 1. The second kappa shape index (κ2) is 9.20. The van der Waals surface area contributed by atoms with Crippen LogP contribution in [-0.4, -0.2) is 41.7 Å². The summed E-state index contributed by atoms with van der Waals surface area (Å²) in [6, 6.07) is 10.9. The van der Waals surface area contributed by atoms with E-state index in [0.717, 1.165) is 38.1 Å². The van der Waals surface area contributed by atoms with E-state index in [0.29, 0.717) is 18.0 Å². The zero-order chi connectivity index (χ0) is 18.2. The number of anilines is 1. The van der Waals surface area contributed by atoms with Gasteiger partial charge >= 0.3 is 6.03 Å². The molecule has 0 saturated carbocycles. The van der Waals surface area contributed by atoms with E-state index < -0.39 is 0 Å². The molecule has 2 amide bonds. The Morgan fingerprint density at radius 3 is 2.85 bits per heavy atom. The number of nitrogens with one attached hydrogen (secondary N) is 1. The molecule has 0 unspecified atom stereocenters. The van der Waals surface area contributed by atoms with Crippen molar-refractivity contribution in [2.45, 2.75) is 32.3 Å². The first-order valence-electron chi connectivity index (χ1n) is 9.10. The van der Waals surface area contributed by atoms with Crippen LogP contribution in [0.15, 0.2) is 48.8 Å². The van der Waals surface area contributed by atoms with E-state index in [1.165, 1.54) is 0 Å². The maximum absolute atomic E-state index is 12.5. The Hall–Kier alpha value is -2.60. The SMILES string of the molecule is CCCO[C@@H]1CCCN(C(=O)Nc2ccc(Oc3cccnc3)cc2)C1. The molecule has 1 aliphatic rings. The Balaban J connectivity index is 1.52. The first kappa shape index (κ1) is 18.2. The second-order valence-electron chi connectivity index (χ2n) is 6.33. The fourth-order valence-electron chi connectivity index (χ4n) is 2.90. The molecular weight excluding hydrogens is 330 g/mol. The highest BCUT2D eigenvalue weighted by atomic mass is 16.5. The number of benzene rings is 1. The fraction of sp³-hybridized carbons (Fsp3) is 0.400. The molecule has 6 nitrogen and oxygen atoms in total. The van der Waals surface area contributed by atoms with Crippen molar-refractivity contribution in [3.8, 4) is 11.5 Å². The summed E-state index contributed by atoms with van der Waals surface area (Å²) < 4.78 is 11.5. The molecule has 2 aromatic rings. The van der Waals surface area contributed by atoms with Crippen LogP contribution in [0.2, 0.25) is 0 Å². The van der Waals surface area contributed by atoms with Gasteiger partial charge in [-0.2, -0.15) is 0 Å². The number of aromatic nitrogens is 1. The number of hydrogen-bond donors (Lipinski definition) is 1. The Morgan fingerprint density at radius 1 is 1.27 bits per heavy atom. The van der Waals surface area contributed by atoms with E-state index in [4.69, 9.17) is 9.47 Å². The summed E-state index contributed by atoms with van der Waals surface area (Å²) in [4.78, 5) is 18.3. The highest BCUT2D eigenvalue weighted by molar-refractivity contribution is 5.89. The summed E-state index contributed by atoms with van der Waals surface area (Å²) in [6.07, 6.45) is 6.48. The molecule has 3 rings (SSSR count). The molecule has 0 aliphatic carbocycles. The van der Waals surface area contributed by atoms with Crippen LogP contribution in [0.3, 0.4) is 0 Å². The first-order valence-corrected chi connectivity index (χ1v) is 9.10. The summed E-state index contributed by atoms with van der Waals surface area (Å²) in [5.74, 6) is 1.37. The minimum Gasteiger partial charge on any atom is -0.456 e. The molecule has 1 N–H and O–H groups in total. The number of ether oxygens (including phenoxy) is 2. The number of hydrogen-bond acceptors (Lipinski definition) is 4. The fourth-order valence-corrected chi connectivity index (χ4v) is 2.90. The van der Waals surface area contributed by atoms with Crippen molar-refractivity contribution in [1.29, 1.82) is 0 Å². The molecule has 1 saturated heterocycles. The molecule has 1 aromatic carbocycles. The van der Waals surface area contributed by atoms with Crippen LogP contribution < -0.4 is 10.1 Å². The number of rotatable bonds is 6. The topological polar surface area (TPSA) is 63.7 Å². The van der Waals surface area contributed by atoms with E-state index in [2.05, 4.69) is 17.2 Å². The van der Waals surface area contributed by atoms with Crippen LogP contribution in [0, 0.1) is 0 Å². The summed E-state index contributed by atoms with van der Waals surface area (Å²) in [6.45, 7) is 4.25. The smallest absolute Gasteiger partial charge is 0.321 e. The third-order valence-corrected chi connectivity index (χ3v) is 4.20. The van der Waals surface area contributed by atoms with E-state index in [-0.39, 0.29) is 12.1 Å². The number of piperidine rings is 1. The number of carbonyl (C=O) groups excluding carboxylic acids is 1. The quantitative estimate of drug-likeness (QED) is 0.839. The number of likely N-dealkylation sites (tertiary alicyclic amines) is 1. The number of nitrogens with zero attached hydrogens (tertiary/aromatic N) is 2. The predicted octanol–water partition coefficient (Wildman–Crippen LogP) is 4.30. The molecule has 138 valence electrons. The Morgan fingerprint density at radius 2 is 2.12 bits per heavy atom. The summed E-state index contributed by atoms with van der Waals surface area (Å²) in [5, 5.41) is 2.94. The van der Waals surface area contributed by atoms with Crippen LogP contribution in [0.25, 0.3) is 0 Å². The van der Waals surface area contributed by atoms with Gasteiger partial charge in [-0.1, -0.05) is 6.92 Å². The van der Waals surface area contributed by atoms with Gasteiger partial charge in [0, 0.05) is 31.6 Å². The summed E-state index contributed by atoms with van der Waals surface area (Å²) >= 11 is 0. The molecule has 1 atom stereocenters. The molecule has 26 heavy (non-hydrogen) atoms. The zero-order valence-corrected chi connectivity index (χ0v) is 15.1. The third kappa shape index (κ3) is 5.20. The average Bonchev–Trinajstić information content (AvgIpc) is 2.69. The van der Waals surface area contributed by atoms with Crippen molar-refractivity contribution >= 4 is 11.7 Å². The lowest BCUT2D eigenvalue weighted by Gasteiger charge is -2.32. The minimum absolute atomic E-state index is 0.0873. The van der Waals surface area contributed by atoms with Gasteiger partial charge in [-0.25, -0.2) is 4.79 Å². The zero-order valence-electron chi connectivity index (χ0n) is 15.1. The van der Waals surface area contributed by atoms with Gasteiger partial charge in [-0.05, 0) is 55.7 Å². The van der Waals surface area contributed by atoms with Gasteiger partial charge in [0.25, 0.3) is 0 Å². The van der Waals surface area contributed by atoms with Crippen molar-refractivity contribution in [3.05, 3.63) is 48.8 Å². The van der Waals surface area contributed by atoms with Crippen LogP contribution >= 0.6 is 0 Å². The highest BCUT2D eigenvalue weighted by Crippen LogP contribution is 2.22. The van der Waals surface area contributed by atoms with Gasteiger partial charge in [0.05, 0.1) is 12.3 Å². The maximum Gasteiger partial charge on any atom is 0.321 e. The van der Waals surface area contributed by atoms with Crippen LogP contribution in [-0.2, 0) is 4.74 Å². The van der Waals surface area contributed by atoms with Crippen molar-refractivity contribution in [2.75, 3.05) is 25.0 Å². The van der Waals surface area contributed by atoms with Crippen molar-refractivity contribution in [2.24, 2.45) is 0 Å². The normalized spacial score (nSPS) is 17.0. The van der Waals surface area contributed by atoms with Crippen molar-refractivity contribution < 1.29 is 14.3 Å². The number of pyridine rings is 1. The van der Waals surface area contributed by atoms with Crippen molar-refractivity contribution in [3.63, 3.8) is 0 Å². The van der Waals surface area contributed by atoms with Gasteiger partial charge in [0.1, 0.15) is 11.5 Å². The van der Waals surface area contributed by atoms with Gasteiger partial charge in [-0.3, -0.25) is 4.98 Å². The second-order valence-corrected chi connectivity index (χ2v) is 6.33. The Kier molecular flexibility index (Phi) is 6.44. The van der Waals surface area contributed by atoms with Crippen molar-refractivity contribution in [1.82, 2.24) is 9.88 Å². The van der Waals surface area contributed by atoms with Crippen LogP contribution in [0.5, 0.6) is 11.5 Å². The number of amides is 2. The van der Waals surface area contributed by atoms with Gasteiger partial charge < -0.3 is 19.7 Å². The number of urea groups is 1. The molecule has 6 heteroatoms. The van der Waals surface area contributed by atoms with Crippen LogP contribution in [0.4, 0.5) is 10.5 Å². The lowest BCUT2D eigenvalue weighted by atomic mass is 10.1. The van der Waals surface area contributed by atoms with E-state index in [1.807, 2.05) is 41.3 Å². The highest BCUT2D eigenvalue weighted by Gasteiger charge is 2.24. The molecule has 0 radical (unpaired) electrons. The molecule has 1 fully saturated rings. The standard InChI is InChI=1S/C20H25N3O3/c1-2-13-25-19-6-4-12-23(15-19)20(24)22-16-7-9-17(10-8-16)26-18-5-3-11-21-14-18/h3,5,7-11,14,19H,2,4,6,12-13,15H2,1H3,(H,22,24)/t19-/m1/s1. The largest absolute Gasteiger partial charge is 0.456 e. The molecule has 0 spiro atoms. The van der Waals surface area contributed by atoms with Gasteiger partial charge in [0.2, 0.25) is 0 Å². The molecular formula is C20H25N3O3. The lowest BCUT2D eigenvalue weighted by Crippen LogP contribution is -2.45. The lowest BCUT2D eigenvalue weighted by molar-refractivity contribution is 0.0115. The minimum atomic E-state index is -0.0873. The Bertz CT molecular complexity index is 691. The first-order chi connectivity index (χ1) is 12.7. The Labute approximate surface area is 154 Å². The molecule has 1 aliphatic heterocycles. The van der Waals surface area contributed by atoms with E-state index in [9.17, 15) is 4.79 Å². The maximum atomic E-state index is 12.5. The van der Waals surface area contributed by atoms with Crippen LogP contribution in [0.1, 0.15) is 26.2 Å². The summed E-state index contributed by atoms with van der Waals surface area (Å²) in [5.41, 5.74) is 0.741. The monoisotopic (exact) mass is 355 g/mol. The summed E-state index contributed by atoms with van der Waals surface area (Å²) in [7, 11) is 0. The van der Waals surface area contributed by atoms with Gasteiger partial charge in [0.15, 0.2) is 0 Å².